The molecule has 11 amide bonds. The molecular weight excluding hydrogens is 1510 g/mol. The molecular formula is C84H111ClN16O15. The number of ether oxygens (including phenoxy) is 1. The number of hydrogen-bond acceptors (Lipinski definition) is 18. The Morgan fingerprint density at radius 3 is 1.47 bits per heavy atom. The molecule has 2 heterocycles. The van der Waals surface area contributed by atoms with Gasteiger partial charge in [0.05, 0.1) is 33.0 Å². The number of carbonyl (C=O) groups is 11. The van der Waals surface area contributed by atoms with E-state index in [1.165, 1.54) is 18.7 Å². The van der Waals surface area contributed by atoms with Crippen LogP contribution in [0.25, 0.3) is 10.8 Å². The van der Waals surface area contributed by atoms with Gasteiger partial charge in [-0.05, 0) is 107 Å². The smallest absolute Gasteiger partial charge is 0.245 e. The molecule has 18 N–H and O–H groups in total. The summed E-state index contributed by atoms with van der Waals surface area (Å²) in [6.07, 6.45) is 0.0925. The fourth-order valence-corrected chi connectivity index (χ4v) is 14.1. The molecule has 32 heteroatoms. The van der Waals surface area contributed by atoms with Crippen LogP contribution in [0.4, 0.5) is 0 Å². The van der Waals surface area contributed by atoms with Crippen molar-refractivity contribution in [2.24, 2.45) is 17.4 Å². The van der Waals surface area contributed by atoms with Crippen LogP contribution < -0.4 is 64.6 Å². The minimum atomic E-state index is -1.83. The number of aliphatic hydroxyl groups excluding tert-OH is 3. The lowest BCUT2D eigenvalue weighted by molar-refractivity contribution is -0.142. The summed E-state index contributed by atoms with van der Waals surface area (Å²) in [5.74, 6) is -9.36. The second-order valence-corrected chi connectivity index (χ2v) is 30.3. The normalized spacial score (nSPS) is 15.9. The minimum Gasteiger partial charge on any atom is -0.395 e. The van der Waals surface area contributed by atoms with E-state index in [0.29, 0.717) is 78.7 Å². The molecule has 6 aromatic carbocycles. The monoisotopic (exact) mass is 1620 g/mol. The van der Waals surface area contributed by atoms with Crippen molar-refractivity contribution in [1.82, 2.24) is 67.9 Å². The van der Waals surface area contributed by atoms with Crippen LogP contribution in [0.2, 0.25) is 5.02 Å². The van der Waals surface area contributed by atoms with Gasteiger partial charge >= 0.3 is 0 Å². The Bertz CT molecular complexity index is 4290. The highest BCUT2D eigenvalue weighted by Crippen LogP contribution is 2.23. The third-order valence-electron chi connectivity index (χ3n) is 20.2. The van der Waals surface area contributed by atoms with Crippen molar-refractivity contribution in [3.05, 3.63) is 190 Å². The minimum absolute atomic E-state index is 0.00580. The zero-order valence-electron chi connectivity index (χ0n) is 66.1. The van der Waals surface area contributed by atoms with Gasteiger partial charge in [0.15, 0.2) is 5.96 Å². The lowest BCUT2D eigenvalue weighted by Crippen LogP contribution is -2.62. The van der Waals surface area contributed by atoms with E-state index in [-0.39, 0.29) is 109 Å². The first-order valence-electron chi connectivity index (χ1n) is 39.3. The number of primary amides is 1. The largest absolute Gasteiger partial charge is 0.395 e. The number of nitrogens with one attached hydrogen (secondary N) is 11. The van der Waals surface area contributed by atoms with Crippen LogP contribution in [0.1, 0.15) is 98.7 Å². The molecule has 31 nitrogen and oxygen atoms in total. The van der Waals surface area contributed by atoms with Gasteiger partial charge in [-0.2, -0.15) is 0 Å². The number of hydrogen-bond donors (Lipinski definition) is 16. The Morgan fingerprint density at radius 2 is 0.957 bits per heavy atom. The number of aliphatic hydroxyl groups is 3. The molecule has 0 saturated carbocycles. The van der Waals surface area contributed by atoms with Gasteiger partial charge < -0.3 is 89.6 Å². The van der Waals surface area contributed by atoms with Crippen molar-refractivity contribution in [2.75, 3.05) is 72.3 Å². The van der Waals surface area contributed by atoms with Crippen molar-refractivity contribution in [1.29, 1.82) is 5.41 Å². The number of amides is 11. The highest BCUT2D eigenvalue weighted by molar-refractivity contribution is 6.30. The van der Waals surface area contributed by atoms with Crippen molar-refractivity contribution >= 4 is 93.3 Å². The van der Waals surface area contributed by atoms with Gasteiger partial charge in [-0.25, -0.2) is 0 Å². The molecule has 116 heavy (non-hydrogen) atoms. The number of fused-ring (bicyclic) bond motifs is 1. The fraction of sp³-hybridized carbons (Fsp3) is 0.452. The quantitative estimate of drug-likeness (QED) is 0.0143. The van der Waals surface area contributed by atoms with Crippen molar-refractivity contribution < 1.29 is 72.8 Å². The molecule has 8 rings (SSSR count). The molecule has 2 aliphatic rings. The van der Waals surface area contributed by atoms with Gasteiger partial charge in [0.2, 0.25) is 65.0 Å². The number of nitrogens with two attached hydrogens (primary N) is 2. The Labute approximate surface area is 680 Å². The van der Waals surface area contributed by atoms with Gasteiger partial charge in [-0.1, -0.05) is 159 Å². The van der Waals surface area contributed by atoms with Crippen LogP contribution in [0.5, 0.6) is 0 Å². The van der Waals surface area contributed by atoms with Crippen molar-refractivity contribution in [3.8, 4) is 0 Å². The predicted octanol–water partition coefficient (Wildman–Crippen LogP) is 0.806. The van der Waals surface area contributed by atoms with E-state index in [4.69, 9.17) is 33.2 Å². The van der Waals surface area contributed by atoms with E-state index in [9.17, 15) is 44.1 Å². The lowest BCUT2D eigenvalue weighted by atomic mass is 9.99. The molecule has 0 radical (unpaired) electrons. The standard InChI is InChI=1S/C84H111ClN16O15/c1-52(2)42-66(75(107)92-65(16-10-32-89-84(87)88)83(115)101-33-11-17-73(101)82(114)90-53(3)74(86)106)93-77(109)69(45-56-20-24-60(25-21-56)50-100-36-40-116-41-37-100)96-79(111)71(46-57-18-22-59(23-19-57)49-99(34-38-102)35-39-103)97-81(113)72(51-104)98-80(112)68(44-55-12-6-5-7-13-55)95-78(110)70(47-58-27-30-64(85)31-28-58)94-76(108)67(91-54(4)105)48-61-26-29-62-14-8-9-15-63(62)43-61/h5-9,12-15,18-31,43,52-53,65-73,102-104H,10-11,16-17,32-42,44-51H2,1-4H3,(H2,86,106)(H,90,114)(H,91,105)(H,92,107)(H,93,109)(H,94,108)(H,95,110)(H,96,111)(H,97,113)(H,98,112)(H4,87,88,89)/t53-,65+,66+,67-,68-,69-,70-,71+,72+,73+/m1/s1. The van der Waals surface area contributed by atoms with Gasteiger partial charge in [-0.3, -0.25) is 67.9 Å². The molecule has 0 unspecified atom stereocenters. The van der Waals surface area contributed by atoms with Gasteiger partial charge in [0.1, 0.15) is 60.4 Å². The summed E-state index contributed by atoms with van der Waals surface area (Å²) in [6, 6.07) is 28.9. The molecule has 0 aliphatic carbocycles. The van der Waals surface area contributed by atoms with Crippen LogP contribution in [0.3, 0.4) is 0 Å². The van der Waals surface area contributed by atoms with Crippen LogP contribution in [0.15, 0.2) is 146 Å². The highest BCUT2D eigenvalue weighted by atomic mass is 35.5. The van der Waals surface area contributed by atoms with E-state index >= 15 is 24.0 Å². The summed E-state index contributed by atoms with van der Waals surface area (Å²) in [6.45, 7) is 9.15. The summed E-state index contributed by atoms with van der Waals surface area (Å²) in [4.78, 5) is 164. The van der Waals surface area contributed by atoms with E-state index in [0.717, 1.165) is 21.9 Å². The first-order valence-corrected chi connectivity index (χ1v) is 39.7. The SMILES string of the molecule is CC(=O)N[C@H](Cc1ccc2ccccc2c1)C(=O)N[C@H](Cc1ccc(Cl)cc1)C(=O)N[C@H](Cc1ccccc1)C(=O)N[C@@H](CO)C(=O)N[C@@H](Cc1ccc(CN(CCO)CCO)cc1)C(=O)N[C@H](Cc1ccc(CN2CCOCC2)cc1)C(=O)N[C@@H](CC(C)C)C(=O)N[C@@H](CCCNC(=N)N)C(=O)N1CCC[C@H]1C(=O)N[C@H](C)C(N)=O. The zero-order chi connectivity index (χ0) is 83.8. The first-order chi connectivity index (χ1) is 55.6. The maximum atomic E-state index is 15.6. The van der Waals surface area contributed by atoms with Crippen LogP contribution in [-0.2, 0) is 103 Å². The summed E-state index contributed by atoms with van der Waals surface area (Å²) in [5, 5.41) is 68.2. The molecule has 0 spiro atoms. The maximum absolute atomic E-state index is 15.6. The molecule has 2 fully saturated rings. The third kappa shape index (κ3) is 29.1. The average Bonchev–Trinajstić information content (AvgIpc) is 1.57. The van der Waals surface area contributed by atoms with E-state index in [1.54, 1.807) is 91.0 Å². The van der Waals surface area contributed by atoms with Crippen LogP contribution >= 0.6 is 11.6 Å². The van der Waals surface area contributed by atoms with Gasteiger partial charge in [0.25, 0.3) is 0 Å². The number of nitrogens with zero attached hydrogens (tertiary/aromatic N) is 3. The number of morpholine rings is 1. The third-order valence-corrected chi connectivity index (χ3v) is 20.4. The molecule has 2 aliphatic heterocycles. The van der Waals surface area contributed by atoms with Gasteiger partial charge in [-0.15, -0.1) is 0 Å². The number of carbonyl (C=O) groups excluding carboxylic acids is 11. The number of rotatable bonds is 44. The number of guanidine groups is 1. The second-order valence-electron chi connectivity index (χ2n) is 29.9. The van der Waals surface area contributed by atoms with E-state index in [2.05, 4.69) is 58.1 Å². The topological polar surface area (TPSA) is 464 Å². The van der Waals surface area contributed by atoms with Crippen LogP contribution in [-0.4, -0.2) is 234 Å². The van der Waals surface area contributed by atoms with Crippen molar-refractivity contribution in [2.45, 2.75) is 165 Å². The summed E-state index contributed by atoms with van der Waals surface area (Å²) in [5.41, 5.74) is 15.6. The highest BCUT2D eigenvalue weighted by Gasteiger charge is 2.41. The Morgan fingerprint density at radius 1 is 0.517 bits per heavy atom. The molecule has 2 saturated heterocycles. The summed E-state index contributed by atoms with van der Waals surface area (Å²) in [7, 11) is 0. The summed E-state index contributed by atoms with van der Waals surface area (Å²) < 4.78 is 5.57. The molecule has 0 aromatic heterocycles. The second kappa shape index (κ2) is 46.0. The predicted molar refractivity (Wildman–Crippen MR) is 437 cm³/mol. The van der Waals surface area contributed by atoms with E-state index in [1.807, 2.05) is 73.3 Å². The molecule has 0 bridgehead atoms. The Kier molecular flexibility index (Phi) is 35.9. The number of halogens is 1. The zero-order valence-corrected chi connectivity index (χ0v) is 66.8. The lowest BCUT2D eigenvalue weighted by Gasteiger charge is -2.31. The fourth-order valence-electron chi connectivity index (χ4n) is 13.9. The van der Waals surface area contributed by atoms with E-state index < -0.39 is 132 Å². The van der Waals surface area contributed by atoms with Crippen molar-refractivity contribution in [3.63, 3.8) is 0 Å². The molecule has 624 valence electrons. The average molecular weight is 1620 g/mol. The first kappa shape index (κ1) is 90.6. The summed E-state index contributed by atoms with van der Waals surface area (Å²) >= 11 is 6.29. The maximum Gasteiger partial charge on any atom is 0.245 e. The Balaban J connectivity index is 1.10. The molecule has 6 aromatic rings. The number of benzene rings is 6. The number of likely N-dealkylation sites (tertiary alicyclic amines) is 1. The molecule has 10 atom stereocenters. The van der Waals surface area contributed by atoms with Gasteiger partial charge in [0, 0.05) is 96.4 Å². The van der Waals surface area contributed by atoms with Crippen LogP contribution in [0, 0.1) is 11.3 Å². The Hall–Kier alpha value is -10.9.